The van der Waals surface area contributed by atoms with E-state index in [4.69, 9.17) is 26.5 Å². The Kier molecular flexibility index (Phi) is 10.9. The van der Waals surface area contributed by atoms with Gasteiger partial charge in [-0.1, -0.05) is 42.5 Å². The van der Waals surface area contributed by atoms with E-state index < -0.39 is 6.04 Å². The molecule has 0 bridgehead atoms. The molecule has 0 radical (unpaired) electrons. The van der Waals surface area contributed by atoms with E-state index in [2.05, 4.69) is 70.4 Å². The Bertz CT molecular complexity index is 1940. The number of benzene rings is 3. The number of amides is 1. The molecule has 1 aromatic heterocycles. The zero-order valence-corrected chi connectivity index (χ0v) is 30.4. The van der Waals surface area contributed by atoms with Gasteiger partial charge >= 0.3 is 0 Å². The molecule has 0 unspecified atom stereocenters. The number of fused-ring (bicyclic) bond motifs is 1. The monoisotopic (exact) mass is 685 g/mol. The minimum Gasteiger partial charge on any atom is -0.347 e. The highest BCUT2D eigenvalue weighted by atomic mass is 16.2. The third-order valence-electron chi connectivity index (χ3n) is 9.49. The SMILES string of the molecule is [C-]#[N+]c1ccc(C[C@H](Nc2nc(Nc3cccc(CN4CCN(C)CC4)c3)nc(N(C)CC3=Nc4cc(C)c(C)cc4C3)n2)C(=O)N(C)C)cc1. The van der Waals surface area contributed by atoms with Gasteiger partial charge in [-0.25, -0.2) is 4.85 Å². The Balaban J connectivity index is 1.27. The number of aromatic nitrogens is 3. The van der Waals surface area contributed by atoms with Crippen molar-refractivity contribution in [3.05, 3.63) is 99.9 Å². The first kappa shape index (κ1) is 35.4. The van der Waals surface area contributed by atoms with Crippen LogP contribution in [-0.4, -0.2) is 108 Å². The molecule has 264 valence electrons. The van der Waals surface area contributed by atoms with E-state index in [1.54, 1.807) is 31.1 Å². The van der Waals surface area contributed by atoms with Gasteiger partial charge in [0.2, 0.25) is 23.8 Å². The van der Waals surface area contributed by atoms with Crippen LogP contribution in [0.3, 0.4) is 0 Å². The standard InChI is InChI=1S/C39H47N11O/c1-26-19-30-23-33(41-34(30)20-27(26)2)25-49(7)39-45-37(42-32-10-8-9-29(21-32)24-50-17-15-48(6)16-18-50)44-38(46-39)43-35(36(51)47(4)5)22-28-11-13-31(40-3)14-12-28/h8-14,19-21,35H,15-18,22-25H2,1-2,4-7H3,(H2,42,43,44,45,46)/t35-/m0/s1. The number of anilines is 4. The fourth-order valence-electron chi connectivity index (χ4n) is 6.38. The number of aliphatic imine (C=N–C) groups is 1. The molecule has 0 spiro atoms. The van der Waals surface area contributed by atoms with Crippen LogP contribution in [0, 0.1) is 20.4 Å². The molecular formula is C39H47N11O. The summed E-state index contributed by atoms with van der Waals surface area (Å²) in [5, 5.41) is 6.75. The molecule has 2 N–H and O–H groups in total. The zero-order chi connectivity index (χ0) is 36.1. The number of hydrogen-bond acceptors (Lipinski definition) is 10. The second-order valence-corrected chi connectivity index (χ2v) is 13.9. The molecule has 2 aliphatic heterocycles. The maximum atomic E-state index is 13.5. The molecule has 6 rings (SSSR count). The molecule has 12 nitrogen and oxygen atoms in total. The quantitative estimate of drug-likeness (QED) is 0.189. The lowest BCUT2D eigenvalue weighted by molar-refractivity contribution is -0.129. The van der Waals surface area contributed by atoms with Crippen molar-refractivity contribution in [1.29, 1.82) is 0 Å². The first-order chi connectivity index (χ1) is 24.5. The van der Waals surface area contributed by atoms with Crippen LogP contribution >= 0.6 is 0 Å². The summed E-state index contributed by atoms with van der Waals surface area (Å²) in [6, 6.07) is 19.4. The van der Waals surface area contributed by atoms with Gasteiger partial charge in [0.15, 0.2) is 5.69 Å². The van der Waals surface area contributed by atoms with Crippen molar-refractivity contribution in [3.8, 4) is 0 Å². The lowest BCUT2D eigenvalue weighted by Crippen LogP contribution is -2.43. The van der Waals surface area contributed by atoms with Gasteiger partial charge in [0, 0.05) is 78.1 Å². The van der Waals surface area contributed by atoms with Crippen LogP contribution in [0.1, 0.15) is 27.8 Å². The van der Waals surface area contributed by atoms with Gasteiger partial charge in [-0.3, -0.25) is 14.7 Å². The minimum atomic E-state index is -0.653. The van der Waals surface area contributed by atoms with Gasteiger partial charge in [0.25, 0.3) is 0 Å². The third kappa shape index (κ3) is 9.05. The van der Waals surface area contributed by atoms with Gasteiger partial charge in [-0.2, -0.15) is 15.0 Å². The molecule has 2 aliphatic rings. The molecule has 4 aromatic rings. The van der Waals surface area contributed by atoms with Crippen LogP contribution in [0.4, 0.5) is 34.9 Å². The van der Waals surface area contributed by atoms with Crippen LogP contribution in [0.2, 0.25) is 0 Å². The predicted molar refractivity (Wildman–Crippen MR) is 205 cm³/mol. The van der Waals surface area contributed by atoms with Crippen molar-refractivity contribution >= 4 is 46.5 Å². The van der Waals surface area contributed by atoms with Crippen LogP contribution in [0.25, 0.3) is 4.85 Å². The number of rotatable bonds is 12. The Morgan fingerprint density at radius 2 is 1.65 bits per heavy atom. The van der Waals surface area contributed by atoms with E-state index in [1.807, 2.05) is 36.2 Å². The first-order valence-electron chi connectivity index (χ1n) is 17.4. The number of nitrogens with one attached hydrogen (secondary N) is 2. The number of hydrogen-bond donors (Lipinski definition) is 2. The maximum absolute atomic E-state index is 13.5. The number of piperazine rings is 1. The van der Waals surface area contributed by atoms with Gasteiger partial charge in [-0.05, 0) is 66.9 Å². The molecule has 1 atom stereocenters. The topological polar surface area (TPSA) is 109 Å². The zero-order valence-electron chi connectivity index (χ0n) is 30.4. The van der Waals surface area contributed by atoms with Crippen LogP contribution in [0.15, 0.2) is 65.7 Å². The second kappa shape index (κ2) is 15.7. The maximum Gasteiger partial charge on any atom is 0.244 e. The Morgan fingerprint density at radius 3 is 2.37 bits per heavy atom. The predicted octanol–water partition coefficient (Wildman–Crippen LogP) is 5.41. The molecule has 3 aromatic carbocycles. The van der Waals surface area contributed by atoms with E-state index >= 15 is 0 Å². The lowest BCUT2D eigenvalue weighted by Gasteiger charge is -2.32. The summed E-state index contributed by atoms with van der Waals surface area (Å²) < 4.78 is 0. The lowest BCUT2D eigenvalue weighted by atomic mass is 10.0. The van der Waals surface area contributed by atoms with Crippen LogP contribution < -0.4 is 15.5 Å². The van der Waals surface area contributed by atoms with Crippen molar-refractivity contribution in [2.45, 2.75) is 39.3 Å². The molecule has 0 saturated carbocycles. The van der Waals surface area contributed by atoms with Crippen molar-refractivity contribution < 1.29 is 4.79 Å². The first-order valence-corrected chi connectivity index (χ1v) is 17.4. The number of nitrogens with zero attached hydrogens (tertiary/aromatic N) is 9. The summed E-state index contributed by atoms with van der Waals surface area (Å²) in [6.07, 6.45) is 1.16. The fourth-order valence-corrected chi connectivity index (χ4v) is 6.38. The largest absolute Gasteiger partial charge is 0.347 e. The van der Waals surface area contributed by atoms with Gasteiger partial charge < -0.3 is 25.3 Å². The molecule has 51 heavy (non-hydrogen) atoms. The summed E-state index contributed by atoms with van der Waals surface area (Å²) in [5.74, 6) is 0.983. The van der Waals surface area contributed by atoms with Gasteiger partial charge in [0.1, 0.15) is 6.04 Å². The van der Waals surface area contributed by atoms with Crippen LogP contribution in [-0.2, 0) is 24.2 Å². The number of likely N-dealkylation sites (N-methyl/N-ethyl adjacent to an activating group) is 2. The van der Waals surface area contributed by atoms with E-state index in [0.29, 0.717) is 30.5 Å². The molecule has 3 heterocycles. The van der Waals surface area contributed by atoms with Gasteiger partial charge in [0.05, 0.1) is 18.8 Å². The molecule has 1 fully saturated rings. The summed E-state index contributed by atoms with van der Waals surface area (Å²) in [4.78, 5) is 44.7. The third-order valence-corrected chi connectivity index (χ3v) is 9.49. The van der Waals surface area contributed by atoms with Crippen molar-refractivity contribution in [2.75, 3.05) is 76.4 Å². The second-order valence-electron chi connectivity index (χ2n) is 13.9. The normalized spacial score (nSPS) is 15.0. The van der Waals surface area contributed by atoms with Crippen molar-refractivity contribution in [1.82, 2.24) is 29.7 Å². The number of carbonyl (C=O) groups is 1. The number of carbonyl (C=O) groups excluding carboxylic acids is 1. The van der Waals surface area contributed by atoms with E-state index in [1.165, 1.54) is 22.3 Å². The molecule has 12 heteroatoms. The van der Waals surface area contributed by atoms with Crippen LogP contribution in [0.5, 0.6) is 0 Å². The average molecular weight is 686 g/mol. The molecule has 1 saturated heterocycles. The Labute approximate surface area is 301 Å². The summed E-state index contributed by atoms with van der Waals surface area (Å²) in [7, 11) is 7.58. The minimum absolute atomic E-state index is 0.116. The number of aryl methyl sites for hydroxylation is 2. The van der Waals surface area contributed by atoms with E-state index in [9.17, 15) is 4.79 Å². The summed E-state index contributed by atoms with van der Waals surface area (Å²) in [6.45, 7) is 17.1. The summed E-state index contributed by atoms with van der Waals surface area (Å²) in [5.41, 5.74) is 9.32. The highest BCUT2D eigenvalue weighted by Gasteiger charge is 2.24. The van der Waals surface area contributed by atoms with E-state index in [0.717, 1.165) is 61.8 Å². The molecule has 1 amide bonds. The van der Waals surface area contributed by atoms with Gasteiger partial charge in [-0.15, -0.1) is 0 Å². The summed E-state index contributed by atoms with van der Waals surface area (Å²) >= 11 is 0. The fraction of sp³-hybridized carbons (Fsp3) is 0.385. The average Bonchev–Trinajstić information content (AvgIpc) is 3.49. The highest BCUT2D eigenvalue weighted by Crippen LogP contribution is 2.30. The smallest absolute Gasteiger partial charge is 0.244 e. The highest BCUT2D eigenvalue weighted by molar-refractivity contribution is 5.97. The Morgan fingerprint density at radius 1 is 0.922 bits per heavy atom. The van der Waals surface area contributed by atoms with E-state index in [-0.39, 0.29) is 11.9 Å². The molecular weight excluding hydrogens is 639 g/mol. The Hall–Kier alpha value is -5.38. The van der Waals surface area contributed by atoms with Crippen molar-refractivity contribution in [2.24, 2.45) is 4.99 Å². The molecule has 0 aliphatic carbocycles. The van der Waals surface area contributed by atoms with Crippen molar-refractivity contribution in [3.63, 3.8) is 0 Å².